The van der Waals surface area contributed by atoms with Gasteiger partial charge in [-0.3, -0.25) is 0 Å². The van der Waals surface area contributed by atoms with Crippen LogP contribution in [0.1, 0.15) is 75.8 Å². The minimum absolute atomic E-state index is 0.361. The number of nitrogens with two attached hydrogens (primary N) is 1. The maximum Gasteiger partial charge on any atom is -0.00173 e. The van der Waals surface area contributed by atoms with Crippen LogP contribution >= 0.6 is 0 Å². The van der Waals surface area contributed by atoms with Gasteiger partial charge in [0.15, 0.2) is 0 Å². The van der Waals surface area contributed by atoms with E-state index in [-0.39, 0.29) is 0 Å². The molecular weight excluding hydrogens is 242 g/mol. The van der Waals surface area contributed by atoms with Crippen LogP contribution in [0.2, 0.25) is 0 Å². The van der Waals surface area contributed by atoms with Crippen LogP contribution in [0.4, 0.5) is 0 Å². The summed E-state index contributed by atoms with van der Waals surface area (Å²) < 4.78 is 0. The molecule has 0 radical (unpaired) electrons. The van der Waals surface area contributed by atoms with Crippen molar-refractivity contribution >= 4 is 0 Å². The molecule has 0 bridgehead atoms. The zero-order valence-electron chi connectivity index (χ0n) is 13.3. The summed E-state index contributed by atoms with van der Waals surface area (Å²) >= 11 is 0. The molecular formula is C19H31N. The van der Waals surface area contributed by atoms with Crippen molar-refractivity contribution in [3.8, 4) is 0 Å². The van der Waals surface area contributed by atoms with Crippen LogP contribution in [0.5, 0.6) is 0 Å². The highest BCUT2D eigenvalue weighted by molar-refractivity contribution is 5.25. The van der Waals surface area contributed by atoms with Gasteiger partial charge in [0.1, 0.15) is 0 Å². The molecule has 0 atom stereocenters. The fraction of sp³-hybridized carbons (Fsp3) is 0.684. The van der Waals surface area contributed by atoms with Gasteiger partial charge in [0.05, 0.1) is 0 Å². The first kappa shape index (κ1) is 15.6. The summed E-state index contributed by atoms with van der Waals surface area (Å²) in [4.78, 5) is 0. The normalized spacial score (nSPS) is 19.6. The maximum atomic E-state index is 6.18. The van der Waals surface area contributed by atoms with Crippen LogP contribution in [-0.2, 0) is 6.42 Å². The van der Waals surface area contributed by atoms with Crippen LogP contribution in [-0.4, -0.2) is 6.54 Å². The molecule has 1 aliphatic carbocycles. The van der Waals surface area contributed by atoms with Crippen molar-refractivity contribution in [2.24, 2.45) is 11.1 Å². The molecule has 0 heterocycles. The molecule has 0 amide bonds. The van der Waals surface area contributed by atoms with Gasteiger partial charge in [-0.1, -0.05) is 70.2 Å². The third kappa shape index (κ3) is 4.09. The lowest BCUT2D eigenvalue weighted by Crippen LogP contribution is -2.33. The molecule has 0 spiro atoms. The molecule has 1 aliphatic rings. The van der Waals surface area contributed by atoms with Gasteiger partial charge in [0.25, 0.3) is 0 Å². The third-order valence-corrected chi connectivity index (χ3v) is 5.07. The lowest BCUT2D eigenvalue weighted by Gasteiger charge is -2.34. The molecule has 112 valence electrons. The van der Waals surface area contributed by atoms with Crippen molar-refractivity contribution in [3.05, 3.63) is 35.4 Å². The molecule has 1 saturated carbocycles. The molecule has 0 saturated heterocycles. The van der Waals surface area contributed by atoms with Gasteiger partial charge in [-0.25, -0.2) is 0 Å². The van der Waals surface area contributed by atoms with Crippen molar-refractivity contribution in [2.45, 2.75) is 71.1 Å². The minimum Gasteiger partial charge on any atom is -0.330 e. The fourth-order valence-corrected chi connectivity index (χ4v) is 3.56. The van der Waals surface area contributed by atoms with Crippen LogP contribution in [0, 0.1) is 5.41 Å². The number of hydrogen-bond acceptors (Lipinski definition) is 1. The van der Waals surface area contributed by atoms with Crippen molar-refractivity contribution in [3.63, 3.8) is 0 Å². The van der Waals surface area contributed by atoms with Crippen LogP contribution in [0.3, 0.4) is 0 Å². The Morgan fingerprint density at radius 2 is 1.50 bits per heavy atom. The number of rotatable bonds is 4. The first-order valence-corrected chi connectivity index (χ1v) is 8.44. The van der Waals surface area contributed by atoms with Crippen LogP contribution < -0.4 is 5.73 Å². The lowest BCUT2D eigenvalue weighted by molar-refractivity contribution is 0.217. The van der Waals surface area contributed by atoms with E-state index in [1.165, 1.54) is 62.5 Å². The van der Waals surface area contributed by atoms with E-state index >= 15 is 0 Å². The second-order valence-electron chi connectivity index (χ2n) is 7.04. The van der Waals surface area contributed by atoms with Crippen LogP contribution in [0.25, 0.3) is 0 Å². The van der Waals surface area contributed by atoms with Crippen molar-refractivity contribution in [1.29, 1.82) is 0 Å². The molecule has 2 N–H and O–H groups in total. The van der Waals surface area contributed by atoms with Gasteiger partial charge in [0, 0.05) is 0 Å². The predicted molar refractivity (Wildman–Crippen MR) is 88.0 cm³/mol. The molecule has 1 aromatic carbocycles. The first-order chi connectivity index (χ1) is 9.65. The Kier molecular flexibility index (Phi) is 5.65. The Morgan fingerprint density at radius 1 is 0.950 bits per heavy atom. The van der Waals surface area contributed by atoms with Crippen molar-refractivity contribution < 1.29 is 0 Å². The van der Waals surface area contributed by atoms with E-state index in [0.717, 1.165) is 6.54 Å². The number of hydrogen-bond donors (Lipinski definition) is 1. The monoisotopic (exact) mass is 273 g/mol. The van der Waals surface area contributed by atoms with E-state index < -0.39 is 0 Å². The van der Waals surface area contributed by atoms with Gasteiger partial charge in [-0.15, -0.1) is 0 Å². The van der Waals surface area contributed by atoms with Crippen molar-refractivity contribution in [2.75, 3.05) is 6.54 Å². The lowest BCUT2D eigenvalue weighted by atomic mass is 9.72. The van der Waals surface area contributed by atoms with E-state index in [0.29, 0.717) is 11.3 Å². The summed E-state index contributed by atoms with van der Waals surface area (Å²) in [6.45, 7) is 5.36. The smallest absolute Gasteiger partial charge is 0.00173 e. The second-order valence-corrected chi connectivity index (χ2v) is 7.04. The molecule has 0 aliphatic heterocycles. The topological polar surface area (TPSA) is 26.0 Å². The predicted octanol–water partition coefficient (Wildman–Crippen LogP) is 5.04. The molecule has 1 nitrogen and oxygen atoms in total. The average molecular weight is 273 g/mol. The molecule has 20 heavy (non-hydrogen) atoms. The molecule has 1 aromatic rings. The SMILES string of the molecule is CC(C)c1ccc(CC2(CN)CCCCCCC2)cc1. The summed E-state index contributed by atoms with van der Waals surface area (Å²) in [5.74, 6) is 0.619. The van der Waals surface area contributed by atoms with E-state index in [9.17, 15) is 0 Å². The highest BCUT2D eigenvalue weighted by Crippen LogP contribution is 2.36. The zero-order chi connectivity index (χ0) is 14.4. The number of benzene rings is 1. The van der Waals surface area contributed by atoms with Gasteiger partial charge >= 0.3 is 0 Å². The summed E-state index contributed by atoms with van der Waals surface area (Å²) in [6, 6.07) is 9.25. The second kappa shape index (κ2) is 7.26. The molecule has 0 aromatic heterocycles. The largest absolute Gasteiger partial charge is 0.330 e. The standard InChI is InChI=1S/C19H31N/c1-16(2)18-10-8-17(9-11-18)14-19(15-20)12-6-4-3-5-7-13-19/h8-11,16H,3-7,12-15,20H2,1-2H3. The first-order valence-electron chi connectivity index (χ1n) is 8.44. The Labute approximate surface area is 125 Å². The van der Waals surface area contributed by atoms with Crippen molar-refractivity contribution in [1.82, 2.24) is 0 Å². The van der Waals surface area contributed by atoms with E-state index in [2.05, 4.69) is 38.1 Å². The quantitative estimate of drug-likeness (QED) is 0.817. The highest BCUT2D eigenvalue weighted by Gasteiger charge is 2.28. The summed E-state index contributed by atoms with van der Waals surface area (Å²) in [5.41, 5.74) is 9.46. The molecule has 2 rings (SSSR count). The third-order valence-electron chi connectivity index (χ3n) is 5.07. The summed E-state index contributed by atoms with van der Waals surface area (Å²) in [6.07, 6.45) is 10.7. The summed E-state index contributed by atoms with van der Waals surface area (Å²) in [7, 11) is 0. The van der Waals surface area contributed by atoms with E-state index in [4.69, 9.17) is 5.73 Å². The Hall–Kier alpha value is -0.820. The fourth-order valence-electron chi connectivity index (χ4n) is 3.56. The molecule has 1 heteroatoms. The van der Waals surface area contributed by atoms with Gasteiger partial charge in [-0.05, 0) is 48.3 Å². The zero-order valence-corrected chi connectivity index (χ0v) is 13.3. The van der Waals surface area contributed by atoms with Gasteiger partial charge in [0.2, 0.25) is 0 Å². The van der Waals surface area contributed by atoms with Crippen LogP contribution in [0.15, 0.2) is 24.3 Å². The van der Waals surface area contributed by atoms with E-state index in [1.54, 1.807) is 0 Å². The molecule has 1 fully saturated rings. The highest BCUT2D eigenvalue weighted by atomic mass is 14.6. The summed E-state index contributed by atoms with van der Waals surface area (Å²) in [5, 5.41) is 0. The maximum absolute atomic E-state index is 6.18. The average Bonchev–Trinajstić information content (AvgIpc) is 2.43. The Balaban J connectivity index is 2.07. The molecule has 0 unspecified atom stereocenters. The Bertz CT molecular complexity index is 383. The Morgan fingerprint density at radius 3 is 2.00 bits per heavy atom. The van der Waals surface area contributed by atoms with Gasteiger partial charge < -0.3 is 5.73 Å². The van der Waals surface area contributed by atoms with Gasteiger partial charge in [-0.2, -0.15) is 0 Å². The minimum atomic E-state index is 0.361. The van der Waals surface area contributed by atoms with E-state index in [1.807, 2.05) is 0 Å².